The van der Waals surface area contributed by atoms with Crippen LogP contribution in [-0.4, -0.2) is 24.5 Å². The summed E-state index contributed by atoms with van der Waals surface area (Å²) in [6.07, 6.45) is 4.80. The van der Waals surface area contributed by atoms with Gasteiger partial charge in [-0.1, -0.05) is 65.0 Å². The normalized spacial score (nSPS) is 11.7. The monoisotopic (exact) mass is 329 g/mol. The van der Waals surface area contributed by atoms with E-state index in [0.29, 0.717) is 11.8 Å². The maximum Gasteiger partial charge on any atom is 0.00219 e. The van der Waals surface area contributed by atoms with Gasteiger partial charge < -0.3 is 4.90 Å². The summed E-state index contributed by atoms with van der Waals surface area (Å²) in [5, 5.41) is 0. The van der Waals surface area contributed by atoms with E-state index in [-0.39, 0.29) is 0 Å². The molecule has 136 valence electrons. The molecule has 1 aromatic rings. The lowest BCUT2D eigenvalue weighted by molar-refractivity contribution is 0.273. The number of hydrogen-bond donors (Lipinski definition) is 0. The second-order valence-corrected chi connectivity index (χ2v) is 7.85. The third kappa shape index (κ3) is 7.21. The third-order valence-corrected chi connectivity index (χ3v) is 5.07. The Morgan fingerprint density at radius 3 is 2.38 bits per heavy atom. The Kier molecular flexibility index (Phi) is 9.36. The van der Waals surface area contributed by atoms with Crippen molar-refractivity contribution in [3.63, 3.8) is 0 Å². The van der Waals surface area contributed by atoms with Gasteiger partial charge in [-0.25, -0.2) is 0 Å². The maximum absolute atomic E-state index is 4.21. The third-order valence-electron chi connectivity index (χ3n) is 5.07. The predicted molar refractivity (Wildman–Crippen MR) is 109 cm³/mol. The number of benzene rings is 1. The molecule has 0 aromatic heterocycles. The average Bonchev–Trinajstić information content (AvgIpc) is 2.53. The smallest absolute Gasteiger partial charge is 0.00219 e. The molecular weight excluding hydrogens is 290 g/mol. The van der Waals surface area contributed by atoms with Crippen LogP contribution in [0, 0.1) is 12.8 Å². The molecule has 1 nitrogen and oxygen atoms in total. The summed E-state index contributed by atoms with van der Waals surface area (Å²) < 4.78 is 0. The van der Waals surface area contributed by atoms with E-state index in [4.69, 9.17) is 0 Å². The van der Waals surface area contributed by atoms with Crippen LogP contribution in [0.3, 0.4) is 0 Å². The van der Waals surface area contributed by atoms with E-state index in [1.807, 2.05) is 0 Å². The van der Waals surface area contributed by atoms with Crippen LogP contribution in [-0.2, 0) is 6.42 Å². The summed E-state index contributed by atoms with van der Waals surface area (Å²) in [7, 11) is 0. The fourth-order valence-electron chi connectivity index (χ4n) is 3.07. The Morgan fingerprint density at radius 2 is 1.79 bits per heavy atom. The minimum atomic E-state index is 0.609. The van der Waals surface area contributed by atoms with Crippen LogP contribution in [0.1, 0.15) is 76.5 Å². The van der Waals surface area contributed by atoms with Crippen molar-refractivity contribution in [1.29, 1.82) is 0 Å². The molecule has 1 heteroatoms. The minimum absolute atomic E-state index is 0.609. The Labute approximate surface area is 151 Å². The van der Waals surface area contributed by atoms with Crippen molar-refractivity contribution < 1.29 is 0 Å². The molecule has 0 saturated carbocycles. The van der Waals surface area contributed by atoms with Crippen LogP contribution >= 0.6 is 0 Å². The minimum Gasteiger partial charge on any atom is -0.303 e. The van der Waals surface area contributed by atoms with E-state index in [9.17, 15) is 0 Å². The summed E-state index contributed by atoms with van der Waals surface area (Å²) in [6.45, 7) is 21.4. The second-order valence-electron chi connectivity index (χ2n) is 7.85. The Balaban J connectivity index is 2.57. The van der Waals surface area contributed by atoms with Gasteiger partial charge >= 0.3 is 0 Å². The number of hydrogen-bond acceptors (Lipinski definition) is 1. The van der Waals surface area contributed by atoms with Crippen LogP contribution < -0.4 is 0 Å². The zero-order valence-electron chi connectivity index (χ0n) is 17.0. The first-order valence-electron chi connectivity index (χ1n) is 9.84. The molecule has 0 N–H and O–H groups in total. The summed E-state index contributed by atoms with van der Waals surface area (Å²) >= 11 is 0. The highest BCUT2D eigenvalue weighted by molar-refractivity contribution is 5.32. The van der Waals surface area contributed by atoms with Gasteiger partial charge in [0.15, 0.2) is 0 Å². The predicted octanol–water partition coefficient (Wildman–Crippen LogP) is 6.37. The lowest BCUT2D eigenvalue weighted by Gasteiger charge is -2.23. The zero-order chi connectivity index (χ0) is 18.1. The fraction of sp³-hybridized carbons (Fsp3) is 0.652. The SMILES string of the molecule is C=C(CCCN(CCC)CCc1cc(C(C)C)ccc1C)C(C)C. The van der Waals surface area contributed by atoms with Crippen molar-refractivity contribution in [3.8, 4) is 0 Å². The molecule has 0 atom stereocenters. The van der Waals surface area contributed by atoms with Gasteiger partial charge in [-0.15, -0.1) is 0 Å². The lowest BCUT2D eigenvalue weighted by atomic mass is 9.96. The van der Waals surface area contributed by atoms with E-state index < -0.39 is 0 Å². The molecule has 0 bridgehead atoms. The van der Waals surface area contributed by atoms with Crippen molar-refractivity contribution in [3.05, 3.63) is 47.0 Å². The van der Waals surface area contributed by atoms with Gasteiger partial charge in [-0.3, -0.25) is 0 Å². The first-order chi connectivity index (χ1) is 11.3. The van der Waals surface area contributed by atoms with E-state index in [1.54, 1.807) is 0 Å². The number of rotatable bonds is 11. The first kappa shape index (κ1) is 21.0. The molecule has 0 amide bonds. The molecule has 0 aliphatic carbocycles. The maximum atomic E-state index is 4.21. The number of allylic oxidation sites excluding steroid dienone is 1. The summed E-state index contributed by atoms with van der Waals surface area (Å²) in [6, 6.07) is 7.00. The van der Waals surface area contributed by atoms with E-state index in [1.165, 1.54) is 61.2 Å². The summed E-state index contributed by atoms with van der Waals surface area (Å²) in [4.78, 5) is 2.63. The molecule has 24 heavy (non-hydrogen) atoms. The van der Waals surface area contributed by atoms with Crippen LogP contribution in [0.4, 0.5) is 0 Å². The molecular formula is C23H39N. The van der Waals surface area contributed by atoms with Gasteiger partial charge in [0, 0.05) is 6.54 Å². The zero-order valence-corrected chi connectivity index (χ0v) is 17.0. The molecule has 0 fully saturated rings. The molecule has 0 spiro atoms. The quantitative estimate of drug-likeness (QED) is 0.427. The van der Waals surface area contributed by atoms with Crippen molar-refractivity contribution in [1.82, 2.24) is 4.90 Å². The molecule has 0 aliphatic heterocycles. The van der Waals surface area contributed by atoms with Crippen LogP contribution in [0.25, 0.3) is 0 Å². The summed E-state index contributed by atoms with van der Waals surface area (Å²) in [5.41, 5.74) is 5.82. The highest BCUT2D eigenvalue weighted by atomic mass is 15.1. The molecule has 0 aliphatic rings. The first-order valence-corrected chi connectivity index (χ1v) is 9.84. The lowest BCUT2D eigenvalue weighted by Crippen LogP contribution is -2.28. The van der Waals surface area contributed by atoms with Gasteiger partial charge in [0.2, 0.25) is 0 Å². The van der Waals surface area contributed by atoms with Crippen LogP contribution in [0.5, 0.6) is 0 Å². The van der Waals surface area contributed by atoms with E-state index >= 15 is 0 Å². The standard InChI is InChI=1S/C23H39N/c1-8-14-24(15-9-10-20(6)18(2)3)16-13-23-17-22(19(4)5)12-11-21(23)7/h11-12,17-19H,6,8-10,13-16H2,1-5,7H3. The van der Waals surface area contributed by atoms with E-state index in [2.05, 4.69) is 71.2 Å². The van der Waals surface area contributed by atoms with Gasteiger partial charge in [-0.2, -0.15) is 0 Å². The molecule has 1 aromatic carbocycles. The van der Waals surface area contributed by atoms with Crippen LogP contribution in [0.15, 0.2) is 30.4 Å². The van der Waals surface area contributed by atoms with Gasteiger partial charge in [0.25, 0.3) is 0 Å². The van der Waals surface area contributed by atoms with Crippen molar-refractivity contribution in [2.24, 2.45) is 5.92 Å². The van der Waals surface area contributed by atoms with Gasteiger partial charge in [0.1, 0.15) is 0 Å². The van der Waals surface area contributed by atoms with Gasteiger partial charge in [0.05, 0.1) is 0 Å². The molecule has 0 unspecified atom stereocenters. The fourth-order valence-corrected chi connectivity index (χ4v) is 3.07. The molecule has 0 heterocycles. The van der Waals surface area contributed by atoms with Crippen LogP contribution in [0.2, 0.25) is 0 Å². The topological polar surface area (TPSA) is 3.24 Å². The highest BCUT2D eigenvalue weighted by Crippen LogP contribution is 2.19. The number of nitrogens with zero attached hydrogens (tertiary/aromatic N) is 1. The van der Waals surface area contributed by atoms with Crippen molar-refractivity contribution >= 4 is 0 Å². The number of aryl methyl sites for hydroxylation is 1. The second kappa shape index (κ2) is 10.7. The Morgan fingerprint density at radius 1 is 1.08 bits per heavy atom. The summed E-state index contributed by atoms with van der Waals surface area (Å²) in [5.74, 6) is 1.23. The highest BCUT2D eigenvalue weighted by Gasteiger charge is 2.09. The van der Waals surface area contributed by atoms with Crippen molar-refractivity contribution in [2.45, 2.75) is 73.1 Å². The molecule has 0 saturated heterocycles. The molecule has 1 rings (SSSR count). The van der Waals surface area contributed by atoms with Crippen molar-refractivity contribution in [2.75, 3.05) is 19.6 Å². The van der Waals surface area contributed by atoms with Gasteiger partial charge in [-0.05, 0) is 74.2 Å². The van der Waals surface area contributed by atoms with E-state index in [0.717, 1.165) is 6.42 Å². The Bertz CT molecular complexity index is 499. The largest absolute Gasteiger partial charge is 0.303 e. The average molecular weight is 330 g/mol. The molecule has 0 radical (unpaired) electrons. The Hall–Kier alpha value is -1.08.